The van der Waals surface area contributed by atoms with Crippen molar-refractivity contribution in [3.05, 3.63) is 25.8 Å². The van der Waals surface area contributed by atoms with Gasteiger partial charge in [0.2, 0.25) is 5.13 Å². The average Bonchev–Trinajstić information content (AvgIpc) is 2.75. The van der Waals surface area contributed by atoms with Crippen molar-refractivity contribution in [1.29, 1.82) is 0 Å². The Labute approximate surface area is 102 Å². The first-order valence-electron chi connectivity index (χ1n) is 4.00. The van der Waals surface area contributed by atoms with E-state index in [4.69, 9.17) is 0 Å². The Morgan fingerprint density at radius 1 is 1.53 bits per heavy atom. The number of thiophene rings is 1. The third-order valence-corrected chi connectivity index (χ3v) is 3.98. The van der Waals surface area contributed by atoms with Crippen molar-refractivity contribution in [3.63, 3.8) is 0 Å². The summed E-state index contributed by atoms with van der Waals surface area (Å²) in [6, 6.07) is 1.77. The van der Waals surface area contributed by atoms with Crippen LogP contribution in [0.1, 0.15) is 14.7 Å². The van der Waals surface area contributed by atoms with Gasteiger partial charge in [0.1, 0.15) is 5.01 Å². The second-order valence-electron chi connectivity index (χ2n) is 2.71. The number of amides is 1. The van der Waals surface area contributed by atoms with Crippen molar-refractivity contribution in [2.75, 3.05) is 5.32 Å². The molecule has 2 aromatic rings. The number of nitrogens with zero attached hydrogens (tertiary/aromatic N) is 2. The highest BCUT2D eigenvalue weighted by Gasteiger charge is 2.10. The third-order valence-electron chi connectivity index (χ3n) is 1.54. The Bertz CT molecular complexity index is 494. The number of carbonyl (C=O) groups is 1. The molecular weight excluding hydrogens is 298 g/mol. The first-order chi connectivity index (χ1) is 7.15. The number of aromatic nitrogens is 2. The van der Waals surface area contributed by atoms with E-state index in [0.717, 1.165) is 9.48 Å². The van der Waals surface area contributed by atoms with Gasteiger partial charge in [0.25, 0.3) is 5.91 Å². The maximum Gasteiger partial charge on any atom is 0.267 e. The predicted octanol–water partition coefficient (Wildman–Crippen LogP) is 2.92. The molecular formula is C8H6BrN3OS2. The molecule has 0 atom stereocenters. The van der Waals surface area contributed by atoms with Crippen molar-refractivity contribution in [1.82, 2.24) is 10.2 Å². The van der Waals surface area contributed by atoms with Gasteiger partial charge < -0.3 is 0 Å². The summed E-state index contributed by atoms with van der Waals surface area (Å²) >= 11 is 6.03. The number of hydrogen-bond donors (Lipinski definition) is 1. The van der Waals surface area contributed by atoms with Crippen LogP contribution in [0.4, 0.5) is 5.13 Å². The summed E-state index contributed by atoms with van der Waals surface area (Å²) in [4.78, 5) is 12.3. The molecule has 0 radical (unpaired) electrons. The molecule has 0 aromatic carbocycles. The summed E-state index contributed by atoms with van der Waals surface area (Å²) in [5, 5.41) is 13.5. The lowest BCUT2D eigenvalue weighted by molar-refractivity contribution is 0.103. The minimum absolute atomic E-state index is 0.151. The number of hydrogen-bond acceptors (Lipinski definition) is 5. The van der Waals surface area contributed by atoms with Crippen LogP contribution < -0.4 is 5.32 Å². The van der Waals surface area contributed by atoms with Gasteiger partial charge >= 0.3 is 0 Å². The van der Waals surface area contributed by atoms with Gasteiger partial charge in [-0.25, -0.2) is 0 Å². The first-order valence-corrected chi connectivity index (χ1v) is 6.49. The van der Waals surface area contributed by atoms with Gasteiger partial charge in [0.05, 0.1) is 4.88 Å². The van der Waals surface area contributed by atoms with E-state index >= 15 is 0 Å². The second kappa shape index (κ2) is 4.38. The van der Waals surface area contributed by atoms with Crippen LogP contribution in [-0.2, 0) is 0 Å². The Morgan fingerprint density at radius 3 is 2.87 bits per heavy atom. The summed E-state index contributed by atoms with van der Waals surface area (Å²) in [6.45, 7) is 1.84. The molecule has 0 unspecified atom stereocenters. The lowest BCUT2D eigenvalue weighted by atomic mass is 10.4. The molecule has 4 nitrogen and oxygen atoms in total. The molecule has 1 amide bonds. The standard InChI is InChI=1S/C8H6BrN3OS2/c1-4-11-12-8(15-4)10-7(13)6-2-5(9)3-14-6/h2-3H,1H3,(H,10,12,13). The normalized spacial score (nSPS) is 10.3. The molecule has 1 N–H and O–H groups in total. The molecule has 0 aliphatic heterocycles. The Hall–Kier alpha value is -0.790. The van der Waals surface area contributed by atoms with Crippen LogP contribution in [-0.4, -0.2) is 16.1 Å². The molecule has 0 saturated heterocycles. The highest BCUT2D eigenvalue weighted by Crippen LogP contribution is 2.21. The first kappa shape index (κ1) is 10.7. The van der Waals surface area contributed by atoms with Crippen molar-refractivity contribution < 1.29 is 4.79 Å². The molecule has 2 aromatic heterocycles. The van der Waals surface area contributed by atoms with Gasteiger partial charge in [0, 0.05) is 9.85 Å². The molecule has 78 valence electrons. The highest BCUT2D eigenvalue weighted by atomic mass is 79.9. The Balaban J connectivity index is 2.10. The average molecular weight is 304 g/mol. The monoisotopic (exact) mass is 303 g/mol. The molecule has 0 fully saturated rings. The number of anilines is 1. The molecule has 0 saturated carbocycles. The van der Waals surface area contributed by atoms with E-state index in [2.05, 4.69) is 31.4 Å². The van der Waals surface area contributed by atoms with Crippen LogP contribution >= 0.6 is 38.6 Å². The zero-order chi connectivity index (χ0) is 10.8. The SMILES string of the molecule is Cc1nnc(NC(=O)c2cc(Br)cs2)s1. The molecule has 0 spiro atoms. The summed E-state index contributed by atoms with van der Waals surface area (Å²) in [6.07, 6.45) is 0. The Kier molecular flexibility index (Phi) is 3.13. The zero-order valence-corrected chi connectivity index (χ0v) is 10.9. The number of halogens is 1. The van der Waals surface area contributed by atoms with E-state index in [9.17, 15) is 4.79 Å². The Morgan fingerprint density at radius 2 is 2.33 bits per heavy atom. The van der Waals surface area contributed by atoms with Crippen molar-refractivity contribution >= 4 is 49.6 Å². The maximum atomic E-state index is 11.7. The van der Waals surface area contributed by atoms with Crippen molar-refractivity contribution in [3.8, 4) is 0 Å². The molecule has 0 bridgehead atoms. The summed E-state index contributed by atoms with van der Waals surface area (Å²) in [5.74, 6) is -0.151. The van der Waals surface area contributed by atoms with Crippen LogP contribution in [0.2, 0.25) is 0 Å². The summed E-state index contributed by atoms with van der Waals surface area (Å²) < 4.78 is 0.908. The smallest absolute Gasteiger partial charge is 0.267 e. The van der Waals surface area contributed by atoms with Gasteiger partial charge in [-0.2, -0.15) is 0 Å². The van der Waals surface area contributed by atoms with E-state index in [0.29, 0.717) is 10.0 Å². The second-order valence-corrected chi connectivity index (χ2v) is 5.72. The highest BCUT2D eigenvalue weighted by molar-refractivity contribution is 9.10. The zero-order valence-electron chi connectivity index (χ0n) is 7.65. The summed E-state index contributed by atoms with van der Waals surface area (Å²) in [5.41, 5.74) is 0. The van der Waals surface area contributed by atoms with E-state index < -0.39 is 0 Å². The predicted molar refractivity (Wildman–Crippen MR) is 64.6 cm³/mol. The van der Waals surface area contributed by atoms with E-state index in [1.54, 1.807) is 6.07 Å². The fraction of sp³-hybridized carbons (Fsp3) is 0.125. The van der Waals surface area contributed by atoms with Crippen molar-refractivity contribution in [2.45, 2.75) is 6.92 Å². The summed E-state index contributed by atoms with van der Waals surface area (Å²) in [7, 11) is 0. The fourth-order valence-corrected chi connectivity index (χ4v) is 2.85. The van der Waals surface area contributed by atoms with Crippen LogP contribution in [0.15, 0.2) is 15.9 Å². The number of nitrogens with one attached hydrogen (secondary N) is 1. The largest absolute Gasteiger partial charge is 0.296 e. The lowest BCUT2D eigenvalue weighted by Gasteiger charge is -1.95. The maximum absolute atomic E-state index is 11.7. The van der Waals surface area contributed by atoms with Gasteiger partial charge in [-0.1, -0.05) is 11.3 Å². The van der Waals surface area contributed by atoms with Gasteiger partial charge in [-0.05, 0) is 28.9 Å². The van der Waals surface area contributed by atoms with Crippen LogP contribution in [0.3, 0.4) is 0 Å². The van der Waals surface area contributed by atoms with E-state index in [1.165, 1.54) is 22.7 Å². The lowest BCUT2D eigenvalue weighted by Crippen LogP contribution is -2.09. The quantitative estimate of drug-likeness (QED) is 0.928. The fourth-order valence-electron chi connectivity index (χ4n) is 0.938. The molecule has 15 heavy (non-hydrogen) atoms. The number of rotatable bonds is 2. The molecule has 2 heterocycles. The van der Waals surface area contributed by atoms with E-state index in [1.807, 2.05) is 12.3 Å². The van der Waals surface area contributed by atoms with Gasteiger partial charge in [0.15, 0.2) is 0 Å². The van der Waals surface area contributed by atoms with Gasteiger partial charge in [-0.3, -0.25) is 10.1 Å². The molecule has 0 aliphatic carbocycles. The molecule has 2 rings (SSSR count). The minimum atomic E-state index is -0.151. The van der Waals surface area contributed by atoms with E-state index in [-0.39, 0.29) is 5.91 Å². The molecule has 7 heteroatoms. The van der Waals surface area contributed by atoms with Crippen molar-refractivity contribution in [2.24, 2.45) is 0 Å². The van der Waals surface area contributed by atoms with Crippen LogP contribution in [0.5, 0.6) is 0 Å². The van der Waals surface area contributed by atoms with Crippen LogP contribution in [0.25, 0.3) is 0 Å². The number of aryl methyl sites for hydroxylation is 1. The number of carbonyl (C=O) groups excluding carboxylic acids is 1. The van der Waals surface area contributed by atoms with Crippen LogP contribution in [0, 0.1) is 6.92 Å². The third kappa shape index (κ3) is 2.61. The molecule has 0 aliphatic rings. The minimum Gasteiger partial charge on any atom is -0.296 e. The topological polar surface area (TPSA) is 54.9 Å². The van der Waals surface area contributed by atoms with Gasteiger partial charge in [-0.15, -0.1) is 21.5 Å².